The van der Waals surface area contributed by atoms with Gasteiger partial charge in [-0.3, -0.25) is 4.79 Å². The highest BCUT2D eigenvalue weighted by molar-refractivity contribution is 7.80. The van der Waals surface area contributed by atoms with E-state index in [1.165, 1.54) is 11.1 Å². The van der Waals surface area contributed by atoms with Crippen molar-refractivity contribution in [1.82, 2.24) is 0 Å². The Morgan fingerprint density at radius 2 is 2.12 bits per heavy atom. The van der Waals surface area contributed by atoms with Crippen LogP contribution in [0.3, 0.4) is 0 Å². The summed E-state index contributed by atoms with van der Waals surface area (Å²) in [5.41, 5.74) is 2.38. The van der Waals surface area contributed by atoms with Crippen LogP contribution in [-0.2, 0) is 11.2 Å². The van der Waals surface area contributed by atoms with Gasteiger partial charge in [0.25, 0.3) is 0 Å². The molecule has 1 aromatic carbocycles. The van der Waals surface area contributed by atoms with E-state index in [1.807, 2.05) is 19.9 Å². The Hall–Kier alpha value is -0.760. The summed E-state index contributed by atoms with van der Waals surface area (Å²) < 4.78 is 0. The summed E-state index contributed by atoms with van der Waals surface area (Å²) in [5, 5.41) is 0. The number of hydrogen-bond acceptors (Lipinski definition) is 2. The molecule has 0 saturated heterocycles. The van der Waals surface area contributed by atoms with Crippen molar-refractivity contribution in [3.63, 3.8) is 0 Å². The second-order valence-electron chi connectivity index (χ2n) is 4.41. The topological polar surface area (TPSA) is 17.1 Å². The molecule has 0 heterocycles. The van der Waals surface area contributed by atoms with Gasteiger partial charge < -0.3 is 0 Å². The fourth-order valence-electron chi connectivity index (χ4n) is 1.62. The standard InChI is InChI=1S/C14H20OS/c1-4-11(3)13(15)8-7-12-6-5-10(2)9-14(12)16/h5-6,9,11,16H,4,7-8H2,1-3H3. The largest absolute Gasteiger partial charge is 0.299 e. The molecule has 1 atom stereocenters. The van der Waals surface area contributed by atoms with Gasteiger partial charge in [0, 0.05) is 17.2 Å². The highest BCUT2D eigenvalue weighted by Gasteiger charge is 2.11. The minimum atomic E-state index is 0.189. The fourth-order valence-corrected chi connectivity index (χ4v) is 2.01. The van der Waals surface area contributed by atoms with Crippen LogP contribution in [0.2, 0.25) is 0 Å². The van der Waals surface area contributed by atoms with Crippen molar-refractivity contribution < 1.29 is 4.79 Å². The molecule has 1 aromatic rings. The predicted octanol–water partition coefficient (Wildman–Crippen LogP) is 3.83. The number of Topliss-reactive ketones (excluding diaryl/α,β-unsaturated/α-hetero) is 1. The maximum atomic E-state index is 11.7. The molecule has 16 heavy (non-hydrogen) atoms. The number of carbonyl (C=O) groups excluding carboxylic acids is 1. The molecule has 1 unspecified atom stereocenters. The summed E-state index contributed by atoms with van der Waals surface area (Å²) in [4.78, 5) is 12.7. The monoisotopic (exact) mass is 236 g/mol. The number of carbonyl (C=O) groups is 1. The van der Waals surface area contributed by atoms with E-state index < -0.39 is 0 Å². The van der Waals surface area contributed by atoms with E-state index in [1.54, 1.807) is 0 Å². The van der Waals surface area contributed by atoms with Crippen LogP contribution in [0.5, 0.6) is 0 Å². The molecule has 0 aliphatic carbocycles. The molecule has 0 fully saturated rings. The third kappa shape index (κ3) is 3.67. The van der Waals surface area contributed by atoms with Crippen molar-refractivity contribution in [2.75, 3.05) is 0 Å². The molecule has 0 aromatic heterocycles. The minimum Gasteiger partial charge on any atom is -0.299 e. The Morgan fingerprint density at radius 3 is 2.69 bits per heavy atom. The summed E-state index contributed by atoms with van der Waals surface area (Å²) in [5.74, 6) is 0.546. The van der Waals surface area contributed by atoms with E-state index in [-0.39, 0.29) is 5.92 Å². The van der Waals surface area contributed by atoms with Crippen LogP contribution in [0.1, 0.15) is 37.8 Å². The van der Waals surface area contributed by atoms with Gasteiger partial charge in [-0.1, -0.05) is 31.5 Å². The zero-order valence-corrected chi connectivity index (χ0v) is 11.2. The molecule has 0 aliphatic heterocycles. The van der Waals surface area contributed by atoms with Gasteiger partial charge in [-0.25, -0.2) is 0 Å². The first kappa shape index (κ1) is 13.3. The normalized spacial score (nSPS) is 12.5. The Labute approximate surface area is 104 Å². The van der Waals surface area contributed by atoms with Crippen LogP contribution in [0.15, 0.2) is 23.1 Å². The van der Waals surface area contributed by atoms with Crippen molar-refractivity contribution >= 4 is 18.4 Å². The van der Waals surface area contributed by atoms with E-state index >= 15 is 0 Å². The Bertz CT molecular complexity index is 371. The lowest BCUT2D eigenvalue weighted by molar-refractivity contribution is -0.122. The predicted molar refractivity (Wildman–Crippen MR) is 71.2 cm³/mol. The summed E-state index contributed by atoms with van der Waals surface area (Å²) in [6.45, 7) is 6.10. The number of aryl methyl sites for hydroxylation is 2. The molecule has 0 bridgehead atoms. The molecule has 1 rings (SSSR count). The van der Waals surface area contributed by atoms with E-state index in [2.05, 4.69) is 31.7 Å². The lowest BCUT2D eigenvalue weighted by Crippen LogP contribution is -2.10. The van der Waals surface area contributed by atoms with E-state index in [0.29, 0.717) is 12.2 Å². The van der Waals surface area contributed by atoms with Crippen molar-refractivity contribution in [3.8, 4) is 0 Å². The van der Waals surface area contributed by atoms with Gasteiger partial charge >= 0.3 is 0 Å². The van der Waals surface area contributed by atoms with Crippen LogP contribution >= 0.6 is 12.6 Å². The maximum absolute atomic E-state index is 11.7. The summed E-state index contributed by atoms with van der Waals surface area (Å²) in [6.07, 6.45) is 2.37. The van der Waals surface area contributed by atoms with Crippen LogP contribution in [-0.4, -0.2) is 5.78 Å². The molecule has 0 aliphatic rings. The SMILES string of the molecule is CCC(C)C(=O)CCc1ccc(C)cc1S. The number of benzene rings is 1. The molecule has 2 heteroatoms. The molecule has 0 saturated carbocycles. The Kier molecular flexibility index (Phi) is 5.07. The number of rotatable bonds is 5. The van der Waals surface area contributed by atoms with Gasteiger partial charge in [0.2, 0.25) is 0 Å². The zero-order chi connectivity index (χ0) is 12.1. The summed E-state index contributed by atoms with van der Waals surface area (Å²) in [6, 6.07) is 6.19. The Balaban J connectivity index is 2.58. The first-order valence-corrected chi connectivity index (χ1v) is 6.30. The third-order valence-corrected chi connectivity index (χ3v) is 3.46. The van der Waals surface area contributed by atoms with E-state index in [0.717, 1.165) is 17.7 Å². The van der Waals surface area contributed by atoms with Crippen LogP contribution in [0, 0.1) is 12.8 Å². The second kappa shape index (κ2) is 6.09. The molecule has 0 N–H and O–H groups in total. The molecule has 1 nitrogen and oxygen atoms in total. The molecular weight excluding hydrogens is 216 g/mol. The van der Waals surface area contributed by atoms with Gasteiger partial charge in [-0.2, -0.15) is 0 Å². The quantitative estimate of drug-likeness (QED) is 0.769. The van der Waals surface area contributed by atoms with Crippen LogP contribution in [0.25, 0.3) is 0 Å². The minimum absolute atomic E-state index is 0.189. The number of thiol groups is 1. The van der Waals surface area contributed by atoms with Crippen molar-refractivity contribution in [2.45, 2.75) is 44.9 Å². The van der Waals surface area contributed by atoms with Gasteiger partial charge in [-0.05, 0) is 31.4 Å². The fraction of sp³-hybridized carbons (Fsp3) is 0.500. The van der Waals surface area contributed by atoms with Gasteiger partial charge in [0.15, 0.2) is 0 Å². The van der Waals surface area contributed by atoms with Crippen LogP contribution in [0.4, 0.5) is 0 Å². The lowest BCUT2D eigenvalue weighted by Gasteiger charge is -2.09. The molecule has 0 amide bonds. The summed E-state index contributed by atoms with van der Waals surface area (Å²) >= 11 is 4.43. The first-order valence-electron chi connectivity index (χ1n) is 5.85. The average Bonchev–Trinajstić information content (AvgIpc) is 2.26. The number of hydrogen-bond donors (Lipinski definition) is 1. The van der Waals surface area contributed by atoms with Gasteiger partial charge in [0.1, 0.15) is 5.78 Å². The molecular formula is C14H20OS. The van der Waals surface area contributed by atoms with Crippen molar-refractivity contribution in [2.24, 2.45) is 5.92 Å². The maximum Gasteiger partial charge on any atom is 0.136 e. The Morgan fingerprint density at radius 1 is 1.44 bits per heavy atom. The highest BCUT2D eigenvalue weighted by Crippen LogP contribution is 2.18. The van der Waals surface area contributed by atoms with Crippen molar-refractivity contribution in [3.05, 3.63) is 29.3 Å². The first-order chi connectivity index (χ1) is 7.54. The van der Waals surface area contributed by atoms with E-state index in [4.69, 9.17) is 0 Å². The van der Waals surface area contributed by atoms with Gasteiger partial charge in [0.05, 0.1) is 0 Å². The summed E-state index contributed by atoms with van der Waals surface area (Å²) in [7, 11) is 0. The number of ketones is 1. The highest BCUT2D eigenvalue weighted by atomic mass is 32.1. The lowest BCUT2D eigenvalue weighted by atomic mass is 9.97. The molecule has 88 valence electrons. The van der Waals surface area contributed by atoms with Crippen molar-refractivity contribution in [1.29, 1.82) is 0 Å². The zero-order valence-electron chi connectivity index (χ0n) is 10.3. The third-order valence-electron chi connectivity index (χ3n) is 3.04. The van der Waals surface area contributed by atoms with Gasteiger partial charge in [-0.15, -0.1) is 12.6 Å². The molecule has 0 radical (unpaired) electrons. The average molecular weight is 236 g/mol. The second-order valence-corrected chi connectivity index (χ2v) is 4.89. The van der Waals surface area contributed by atoms with Crippen LogP contribution < -0.4 is 0 Å². The van der Waals surface area contributed by atoms with E-state index in [9.17, 15) is 4.79 Å². The smallest absolute Gasteiger partial charge is 0.136 e. The molecule has 0 spiro atoms.